The van der Waals surface area contributed by atoms with E-state index in [9.17, 15) is 4.79 Å². The van der Waals surface area contributed by atoms with E-state index in [2.05, 4.69) is 5.32 Å². The van der Waals surface area contributed by atoms with Crippen molar-refractivity contribution >= 4 is 17.3 Å². The molecule has 0 saturated carbocycles. The molecule has 6 nitrogen and oxygen atoms in total. The minimum Gasteiger partial charge on any atom is -0.482 e. The predicted molar refractivity (Wildman–Crippen MR) is 70.9 cm³/mol. The number of anilines is 2. The molecule has 0 bridgehead atoms. The zero-order valence-electron chi connectivity index (χ0n) is 10.3. The van der Waals surface area contributed by atoms with Gasteiger partial charge >= 0.3 is 0 Å². The van der Waals surface area contributed by atoms with Crippen molar-refractivity contribution in [2.24, 2.45) is 11.5 Å². The standard InChI is InChI=1S/C12H18N4O2/c1-15-9-2-3-11-10(4-9)16(6-8(14)5-13)12(17)7-18-11/h2-4,8,15H,5-7,13-14H2,1H3. The highest BCUT2D eigenvalue weighted by Crippen LogP contribution is 2.34. The van der Waals surface area contributed by atoms with E-state index in [1.165, 1.54) is 0 Å². The molecule has 0 spiro atoms. The van der Waals surface area contributed by atoms with E-state index in [-0.39, 0.29) is 18.6 Å². The Morgan fingerprint density at radius 2 is 2.33 bits per heavy atom. The molecule has 0 fully saturated rings. The first-order chi connectivity index (χ1) is 8.65. The number of rotatable bonds is 4. The highest BCUT2D eigenvalue weighted by atomic mass is 16.5. The average Bonchev–Trinajstić information content (AvgIpc) is 2.41. The third kappa shape index (κ3) is 2.39. The average molecular weight is 250 g/mol. The number of carbonyl (C=O) groups is 1. The van der Waals surface area contributed by atoms with Gasteiger partial charge in [-0.15, -0.1) is 0 Å². The number of ether oxygens (including phenoxy) is 1. The van der Waals surface area contributed by atoms with Gasteiger partial charge in [0, 0.05) is 31.9 Å². The van der Waals surface area contributed by atoms with Gasteiger partial charge < -0.3 is 26.4 Å². The Hall–Kier alpha value is -1.79. The molecule has 1 aromatic carbocycles. The molecule has 6 heteroatoms. The normalized spacial score (nSPS) is 15.9. The third-order valence-electron chi connectivity index (χ3n) is 2.91. The second-order valence-electron chi connectivity index (χ2n) is 4.22. The van der Waals surface area contributed by atoms with Gasteiger partial charge in [0.2, 0.25) is 0 Å². The van der Waals surface area contributed by atoms with Gasteiger partial charge in [0.05, 0.1) is 5.69 Å². The largest absolute Gasteiger partial charge is 0.482 e. The van der Waals surface area contributed by atoms with E-state index in [0.29, 0.717) is 18.8 Å². The topological polar surface area (TPSA) is 93.6 Å². The van der Waals surface area contributed by atoms with Crippen LogP contribution < -0.4 is 26.4 Å². The van der Waals surface area contributed by atoms with Gasteiger partial charge in [-0.25, -0.2) is 0 Å². The van der Waals surface area contributed by atoms with Crippen LogP contribution in [0.25, 0.3) is 0 Å². The monoisotopic (exact) mass is 250 g/mol. The number of hydrogen-bond donors (Lipinski definition) is 3. The van der Waals surface area contributed by atoms with Gasteiger partial charge in [-0.1, -0.05) is 0 Å². The smallest absolute Gasteiger partial charge is 0.265 e. The summed E-state index contributed by atoms with van der Waals surface area (Å²) in [6.07, 6.45) is 0. The minimum atomic E-state index is -0.238. The molecule has 0 saturated heterocycles. The quantitative estimate of drug-likeness (QED) is 0.684. The lowest BCUT2D eigenvalue weighted by atomic mass is 10.2. The van der Waals surface area contributed by atoms with Crippen molar-refractivity contribution in [3.8, 4) is 5.75 Å². The summed E-state index contributed by atoms with van der Waals surface area (Å²) in [6.45, 7) is 0.785. The maximum atomic E-state index is 11.9. The maximum Gasteiger partial charge on any atom is 0.265 e. The van der Waals surface area contributed by atoms with Crippen LogP contribution in [0.5, 0.6) is 5.75 Å². The number of nitrogens with zero attached hydrogens (tertiary/aromatic N) is 1. The first-order valence-corrected chi connectivity index (χ1v) is 5.86. The van der Waals surface area contributed by atoms with Crippen LogP contribution in [-0.2, 0) is 4.79 Å². The van der Waals surface area contributed by atoms with Crippen LogP contribution in [0.3, 0.4) is 0 Å². The Kier molecular flexibility index (Phi) is 3.69. The first kappa shape index (κ1) is 12.7. The molecule has 1 unspecified atom stereocenters. The number of fused-ring (bicyclic) bond motifs is 1. The molecule has 0 aliphatic carbocycles. The molecule has 1 heterocycles. The summed E-state index contributed by atoms with van der Waals surface area (Å²) in [6, 6.07) is 5.37. The molecule has 1 atom stereocenters. The van der Waals surface area contributed by atoms with Crippen molar-refractivity contribution in [2.45, 2.75) is 6.04 Å². The van der Waals surface area contributed by atoms with Gasteiger partial charge in [0.25, 0.3) is 5.91 Å². The van der Waals surface area contributed by atoms with E-state index in [1.54, 1.807) is 4.90 Å². The highest BCUT2D eigenvalue weighted by molar-refractivity contribution is 5.98. The molecule has 0 radical (unpaired) electrons. The fourth-order valence-corrected chi connectivity index (χ4v) is 1.87. The van der Waals surface area contributed by atoms with Crippen LogP contribution in [0.4, 0.5) is 11.4 Å². The molecule has 1 amide bonds. The third-order valence-corrected chi connectivity index (χ3v) is 2.91. The molecule has 1 aromatic rings. The Balaban J connectivity index is 2.32. The number of nitrogens with one attached hydrogen (secondary N) is 1. The van der Waals surface area contributed by atoms with Crippen molar-refractivity contribution in [1.82, 2.24) is 0 Å². The second-order valence-corrected chi connectivity index (χ2v) is 4.22. The summed E-state index contributed by atoms with van der Waals surface area (Å²) >= 11 is 0. The van der Waals surface area contributed by atoms with E-state index in [1.807, 2.05) is 25.2 Å². The van der Waals surface area contributed by atoms with E-state index < -0.39 is 0 Å². The van der Waals surface area contributed by atoms with Crippen molar-refractivity contribution in [3.05, 3.63) is 18.2 Å². The Morgan fingerprint density at radius 3 is 3.00 bits per heavy atom. The molecule has 1 aliphatic heterocycles. The SMILES string of the molecule is CNc1ccc2c(c1)N(CC(N)CN)C(=O)CO2. The molecule has 98 valence electrons. The van der Waals surface area contributed by atoms with Crippen molar-refractivity contribution in [2.75, 3.05) is 37.0 Å². The molecular formula is C12H18N4O2. The number of nitrogens with two attached hydrogens (primary N) is 2. The number of amides is 1. The molecule has 5 N–H and O–H groups in total. The summed E-state index contributed by atoms with van der Waals surface area (Å²) in [5.74, 6) is 0.595. The van der Waals surface area contributed by atoms with Crippen molar-refractivity contribution in [3.63, 3.8) is 0 Å². The number of benzene rings is 1. The first-order valence-electron chi connectivity index (χ1n) is 5.86. The van der Waals surface area contributed by atoms with Crippen LogP contribution in [0.15, 0.2) is 18.2 Å². The van der Waals surface area contributed by atoms with Crippen molar-refractivity contribution < 1.29 is 9.53 Å². The summed E-state index contributed by atoms with van der Waals surface area (Å²) in [5, 5.41) is 3.03. The van der Waals surface area contributed by atoms with Crippen molar-refractivity contribution in [1.29, 1.82) is 0 Å². The minimum absolute atomic E-state index is 0.0448. The summed E-state index contributed by atoms with van der Waals surface area (Å²) in [5.41, 5.74) is 13.0. The van der Waals surface area contributed by atoms with E-state index in [0.717, 1.165) is 11.4 Å². The summed E-state index contributed by atoms with van der Waals surface area (Å²) < 4.78 is 5.39. The van der Waals surface area contributed by atoms with E-state index in [4.69, 9.17) is 16.2 Å². The van der Waals surface area contributed by atoms with Gasteiger partial charge in [-0.2, -0.15) is 0 Å². The van der Waals surface area contributed by atoms with Crippen LogP contribution in [0.2, 0.25) is 0 Å². The van der Waals surface area contributed by atoms with Gasteiger partial charge in [0.1, 0.15) is 5.75 Å². The van der Waals surface area contributed by atoms with Gasteiger partial charge in [-0.3, -0.25) is 4.79 Å². The molecule has 2 rings (SSSR count). The van der Waals surface area contributed by atoms with Crippen LogP contribution >= 0.6 is 0 Å². The van der Waals surface area contributed by atoms with Crippen LogP contribution in [-0.4, -0.2) is 38.7 Å². The van der Waals surface area contributed by atoms with E-state index >= 15 is 0 Å². The van der Waals surface area contributed by atoms with Crippen LogP contribution in [0.1, 0.15) is 0 Å². The summed E-state index contributed by atoms with van der Waals surface area (Å²) in [4.78, 5) is 13.5. The zero-order valence-corrected chi connectivity index (χ0v) is 10.3. The second kappa shape index (κ2) is 5.24. The van der Waals surface area contributed by atoms with Gasteiger partial charge in [0.15, 0.2) is 6.61 Å². The van der Waals surface area contributed by atoms with Crippen LogP contribution in [0, 0.1) is 0 Å². The predicted octanol–water partition coefficient (Wildman–Crippen LogP) is -0.260. The Labute approximate surface area is 106 Å². The lowest BCUT2D eigenvalue weighted by Crippen LogP contribution is -2.48. The highest BCUT2D eigenvalue weighted by Gasteiger charge is 2.26. The zero-order chi connectivity index (χ0) is 13.1. The molecular weight excluding hydrogens is 232 g/mol. The Morgan fingerprint density at radius 1 is 1.56 bits per heavy atom. The number of carbonyl (C=O) groups excluding carboxylic acids is 1. The van der Waals surface area contributed by atoms with Gasteiger partial charge in [-0.05, 0) is 18.2 Å². The molecule has 1 aliphatic rings. The fourth-order valence-electron chi connectivity index (χ4n) is 1.87. The molecule has 18 heavy (non-hydrogen) atoms. The number of hydrogen-bond acceptors (Lipinski definition) is 5. The summed E-state index contributed by atoms with van der Waals surface area (Å²) in [7, 11) is 1.82. The Bertz CT molecular complexity index is 450. The molecule has 0 aromatic heterocycles. The lowest BCUT2D eigenvalue weighted by molar-refractivity contribution is -0.121. The lowest BCUT2D eigenvalue weighted by Gasteiger charge is -2.31. The fraction of sp³-hybridized carbons (Fsp3) is 0.417. The maximum absolute atomic E-state index is 11.9.